The lowest BCUT2D eigenvalue weighted by atomic mass is 9.98. The maximum Gasteiger partial charge on any atom is 0.252 e. The number of amides is 1. The molecule has 0 spiro atoms. The van der Waals surface area contributed by atoms with Crippen LogP contribution in [0, 0.1) is 15.2 Å². The molecule has 0 fully saturated rings. The van der Waals surface area contributed by atoms with E-state index in [2.05, 4.69) is 6.58 Å². The van der Waals surface area contributed by atoms with Gasteiger partial charge in [0.25, 0.3) is 5.91 Å². The van der Waals surface area contributed by atoms with Gasteiger partial charge in [-0.25, -0.2) is 8.78 Å². The van der Waals surface area contributed by atoms with Gasteiger partial charge < -0.3 is 10.5 Å². The minimum absolute atomic E-state index is 0.0373. The second-order valence-corrected chi connectivity index (χ2v) is 7.02. The van der Waals surface area contributed by atoms with Gasteiger partial charge in [-0.3, -0.25) is 4.79 Å². The molecule has 0 heterocycles. The third-order valence-electron chi connectivity index (χ3n) is 3.58. The maximum atomic E-state index is 14.1. The molecule has 0 saturated heterocycles. The zero-order valence-electron chi connectivity index (χ0n) is 13.7. The third-order valence-corrected chi connectivity index (χ3v) is 4.25. The first kappa shape index (κ1) is 19.4. The van der Waals surface area contributed by atoms with Crippen LogP contribution in [0.4, 0.5) is 8.78 Å². The van der Waals surface area contributed by atoms with Gasteiger partial charge in [-0.1, -0.05) is 11.6 Å². The van der Waals surface area contributed by atoms with Crippen molar-refractivity contribution in [3.63, 3.8) is 0 Å². The van der Waals surface area contributed by atoms with E-state index in [1.807, 2.05) is 29.5 Å². The summed E-state index contributed by atoms with van der Waals surface area (Å²) >= 11 is 2.00. The van der Waals surface area contributed by atoms with Crippen molar-refractivity contribution in [2.75, 3.05) is 6.61 Å². The smallest absolute Gasteiger partial charge is 0.252 e. The number of benzene rings is 2. The zero-order valence-corrected chi connectivity index (χ0v) is 15.9. The topological polar surface area (TPSA) is 52.3 Å². The van der Waals surface area contributed by atoms with E-state index in [4.69, 9.17) is 10.5 Å². The second-order valence-electron chi connectivity index (χ2n) is 5.77. The average Bonchev–Trinajstić information content (AvgIpc) is 2.49. The highest BCUT2D eigenvalue weighted by Crippen LogP contribution is 2.27. The van der Waals surface area contributed by atoms with Gasteiger partial charge in [0.15, 0.2) is 0 Å². The Balaban J connectivity index is 2.40. The van der Waals surface area contributed by atoms with Crippen molar-refractivity contribution in [3.05, 3.63) is 74.4 Å². The number of nitrogens with two attached hydrogens (primary N) is 1. The number of hydrogen-bond acceptors (Lipinski definition) is 2. The minimum Gasteiger partial charge on any atom is -0.492 e. The van der Waals surface area contributed by atoms with Gasteiger partial charge in [0.2, 0.25) is 0 Å². The molecule has 25 heavy (non-hydrogen) atoms. The molecule has 0 atom stereocenters. The van der Waals surface area contributed by atoms with Crippen LogP contribution in [0.1, 0.15) is 34.8 Å². The first-order valence-electron chi connectivity index (χ1n) is 7.61. The van der Waals surface area contributed by atoms with Crippen molar-refractivity contribution in [1.82, 2.24) is 0 Å². The molecule has 0 aliphatic heterocycles. The van der Waals surface area contributed by atoms with Crippen LogP contribution in [0.3, 0.4) is 0 Å². The number of carbonyl (C=O) groups excluding carboxylic acids is 1. The Morgan fingerprint density at radius 1 is 1.24 bits per heavy atom. The largest absolute Gasteiger partial charge is 0.492 e. The molecule has 132 valence electrons. The van der Waals surface area contributed by atoms with E-state index in [9.17, 15) is 13.6 Å². The molecule has 0 aromatic heterocycles. The first-order valence-corrected chi connectivity index (χ1v) is 8.69. The predicted molar refractivity (Wildman–Crippen MR) is 102 cm³/mol. The van der Waals surface area contributed by atoms with Gasteiger partial charge in [0.05, 0.1) is 12.2 Å². The summed E-state index contributed by atoms with van der Waals surface area (Å²) in [5, 5.41) is 0. The molecule has 1 amide bonds. The van der Waals surface area contributed by atoms with Crippen molar-refractivity contribution >= 4 is 28.5 Å². The summed E-state index contributed by atoms with van der Waals surface area (Å²) in [4.78, 5) is 11.9. The summed E-state index contributed by atoms with van der Waals surface area (Å²) in [5.41, 5.74) is 7.07. The Kier molecular flexibility index (Phi) is 6.52. The molecule has 0 saturated carbocycles. The SMILES string of the molecule is C=C(C)CCOc1cc(F)cc(Cc2ccc(I)cc2F)c1C(N)=O. The fourth-order valence-electron chi connectivity index (χ4n) is 2.37. The molecule has 6 heteroatoms. The lowest BCUT2D eigenvalue weighted by molar-refractivity contribution is 0.0995. The average molecular weight is 457 g/mol. The van der Waals surface area contributed by atoms with Crippen LogP contribution < -0.4 is 10.5 Å². The van der Waals surface area contributed by atoms with E-state index < -0.39 is 17.5 Å². The fourth-order valence-corrected chi connectivity index (χ4v) is 2.83. The minimum atomic E-state index is -0.744. The molecule has 2 rings (SSSR count). The van der Waals surface area contributed by atoms with Crippen LogP contribution >= 0.6 is 22.6 Å². The van der Waals surface area contributed by atoms with E-state index in [0.717, 1.165) is 15.2 Å². The van der Waals surface area contributed by atoms with Gasteiger partial charge in [0.1, 0.15) is 17.4 Å². The Morgan fingerprint density at radius 3 is 2.56 bits per heavy atom. The van der Waals surface area contributed by atoms with Crippen LogP contribution in [0.2, 0.25) is 0 Å². The standard InChI is InChI=1S/C19H18F2INO2/c1-11(2)5-6-25-17-9-14(20)8-13(18(17)19(23)24)7-12-3-4-15(22)10-16(12)21/h3-4,8-10H,1,5-7H2,2H3,(H2,23,24). The first-order chi connectivity index (χ1) is 11.8. The summed E-state index contributed by atoms with van der Waals surface area (Å²) in [7, 11) is 0. The van der Waals surface area contributed by atoms with Gasteiger partial charge in [-0.15, -0.1) is 6.58 Å². The Hall–Kier alpha value is -1.96. The van der Waals surface area contributed by atoms with E-state index in [1.165, 1.54) is 12.1 Å². The van der Waals surface area contributed by atoms with Gasteiger partial charge in [-0.2, -0.15) is 0 Å². The number of carbonyl (C=O) groups is 1. The summed E-state index contributed by atoms with van der Waals surface area (Å²) in [6, 6.07) is 7.03. The predicted octanol–water partition coefficient (Wildman–Crippen LogP) is 4.60. The van der Waals surface area contributed by atoms with Crippen LogP contribution in [0.15, 0.2) is 42.5 Å². The number of rotatable bonds is 7. The molecule has 2 N–H and O–H groups in total. The van der Waals surface area contributed by atoms with Crippen molar-refractivity contribution in [2.24, 2.45) is 5.73 Å². The molecule has 0 bridgehead atoms. The maximum absolute atomic E-state index is 14.1. The molecule has 0 aliphatic rings. The van der Waals surface area contributed by atoms with Crippen molar-refractivity contribution < 1.29 is 18.3 Å². The third kappa shape index (κ3) is 5.26. The Labute approximate surface area is 159 Å². The van der Waals surface area contributed by atoms with Gasteiger partial charge >= 0.3 is 0 Å². The van der Waals surface area contributed by atoms with Gasteiger partial charge in [-0.05, 0) is 58.8 Å². The molecular formula is C19H18F2INO2. The molecular weight excluding hydrogens is 439 g/mol. The fraction of sp³-hybridized carbons (Fsp3) is 0.211. The Bertz CT molecular complexity index is 821. The lowest BCUT2D eigenvalue weighted by Gasteiger charge is -2.14. The van der Waals surface area contributed by atoms with Crippen LogP contribution in [0.25, 0.3) is 0 Å². The van der Waals surface area contributed by atoms with Crippen molar-refractivity contribution in [3.8, 4) is 5.75 Å². The van der Waals surface area contributed by atoms with Gasteiger partial charge in [0, 0.05) is 22.5 Å². The molecule has 0 unspecified atom stereocenters. The summed E-state index contributed by atoms with van der Waals surface area (Å²) in [6.07, 6.45) is 0.603. The summed E-state index contributed by atoms with van der Waals surface area (Å²) in [5.74, 6) is -1.67. The highest BCUT2D eigenvalue weighted by molar-refractivity contribution is 14.1. The highest BCUT2D eigenvalue weighted by atomic mass is 127. The van der Waals surface area contributed by atoms with E-state index in [0.29, 0.717) is 12.0 Å². The summed E-state index contributed by atoms with van der Waals surface area (Å²) < 4.78 is 34.4. The Morgan fingerprint density at radius 2 is 1.96 bits per heavy atom. The van der Waals surface area contributed by atoms with Crippen molar-refractivity contribution in [2.45, 2.75) is 19.8 Å². The number of primary amides is 1. The quantitative estimate of drug-likeness (QED) is 0.488. The number of hydrogen-bond donors (Lipinski definition) is 1. The lowest BCUT2D eigenvalue weighted by Crippen LogP contribution is -2.17. The molecule has 0 radical (unpaired) electrons. The molecule has 2 aromatic rings. The number of ether oxygens (including phenoxy) is 1. The second kappa shape index (κ2) is 8.42. The normalized spacial score (nSPS) is 10.6. The van der Waals surface area contributed by atoms with Crippen LogP contribution in [-0.2, 0) is 6.42 Å². The number of halogens is 3. The highest BCUT2D eigenvalue weighted by Gasteiger charge is 2.19. The van der Waals surface area contributed by atoms with E-state index >= 15 is 0 Å². The molecule has 3 nitrogen and oxygen atoms in total. The molecule has 0 aliphatic carbocycles. The van der Waals surface area contributed by atoms with E-state index in [-0.39, 0.29) is 29.9 Å². The van der Waals surface area contributed by atoms with Crippen LogP contribution in [0.5, 0.6) is 5.75 Å². The monoisotopic (exact) mass is 457 g/mol. The molecule has 2 aromatic carbocycles. The van der Waals surface area contributed by atoms with E-state index in [1.54, 1.807) is 12.1 Å². The summed E-state index contributed by atoms with van der Waals surface area (Å²) in [6.45, 7) is 5.85. The van der Waals surface area contributed by atoms with Crippen molar-refractivity contribution in [1.29, 1.82) is 0 Å². The zero-order chi connectivity index (χ0) is 18.6. The van der Waals surface area contributed by atoms with Crippen LogP contribution in [-0.4, -0.2) is 12.5 Å².